The summed E-state index contributed by atoms with van der Waals surface area (Å²) in [5, 5.41) is 1.04. The minimum absolute atomic E-state index is 0.225. The molecule has 4 rings (SSSR count). The Morgan fingerprint density at radius 2 is 1.66 bits per heavy atom. The smallest absolute Gasteiger partial charge is 0.228 e. The summed E-state index contributed by atoms with van der Waals surface area (Å²) in [6.07, 6.45) is 0. The van der Waals surface area contributed by atoms with Gasteiger partial charge in [-0.3, -0.25) is 4.79 Å². The Labute approximate surface area is 178 Å². The van der Waals surface area contributed by atoms with E-state index in [1.165, 1.54) is 0 Å². The van der Waals surface area contributed by atoms with Crippen LogP contribution in [0.4, 0.5) is 0 Å². The highest BCUT2D eigenvalue weighted by Crippen LogP contribution is 2.32. The highest BCUT2D eigenvalue weighted by molar-refractivity contribution is 6.35. The second kappa shape index (κ2) is 8.16. The zero-order valence-corrected chi connectivity index (χ0v) is 17.0. The minimum Gasteiger partial charge on any atom is -0.457 e. The average Bonchev–Trinajstić information content (AvgIpc) is 3.20. The van der Waals surface area contributed by atoms with Gasteiger partial charge in [0.2, 0.25) is 5.78 Å². The van der Waals surface area contributed by atoms with Crippen LogP contribution in [0.15, 0.2) is 83.3 Å². The van der Waals surface area contributed by atoms with Crippen molar-refractivity contribution in [3.63, 3.8) is 0 Å². The molecule has 0 atom stereocenters. The number of furan rings is 1. The number of ketones is 1. The van der Waals surface area contributed by atoms with Gasteiger partial charge in [0.15, 0.2) is 5.76 Å². The number of hydrogen-bond acceptors (Lipinski definition) is 3. The van der Waals surface area contributed by atoms with Gasteiger partial charge in [0.1, 0.15) is 17.3 Å². The van der Waals surface area contributed by atoms with E-state index in [0.717, 1.165) is 11.3 Å². The Balaban J connectivity index is 1.53. The first-order chi connectivity index (χ1) is 14.0. The maximum absolute atomic E-state index is 12.8. The zero-order chi connectivity index (χ0) is 20.4. The molecule has 0 saturated carbocycles. The van der Waals surface area contributed by atoms with Gasteiger partial charge in [-0.05, 0) is 79.2 Å². The second-order valence-corrected chi connectivity index (χ2v) is 7.40. The lowest BCUT2D eigenvalue weighted by atomic mass is 10.1. The Hall–Kier alpha value is -3.01. The largest absolute Gasteiger partial charge is 0.457 e. The van der Waals surface area contributed by atoms with Crippen molar-refractivity contribution in [2.24, 2.45) is 0 Å². The lowest BCUT2D eigenvalue weighted by Crippen LogP contribution is -1.99. The summed E-state index contributed by atoms with van der Waals surface area (Å²) < 4.78 is 11.6. The summed E-state index contributed by atoms with van der Waals surface area (Å²) in [4.78, 5) is 12.8. The number of hydrogen-bond donors (Lipinski definition) is 0. The number of carbonyl (C=O) groups is 1. The molecule has 5 heteroatoms. The van der Waals surface area contributed by atoms with Gasteiger partial charge in [-0.2, -0.15) is 0 Å². The monoisotopic (exact) mass is 422 g/mol. The molecule has 0 N–H and O–H groups in total. The molecule has 0 spiro atoms. The van der Waals surface area contributed by atoms with E-state index < -0.39 is 0 Å². The summed E-state index contributed by atoms with van der Waals surface area (Å²) in [5.41, 5.74) is 2.25. The van der Waals surface area contributed by atoms with Crippen LogP contribution in [-0.4, -0.2) is 5.78 Å². The first-order valence-electron chi connectivity index (χ1n) is 8.94. The minimum atomic E-state index is -0.225. The van der Waals surface area contributed by atoms with E-state index in [-0.39, 0.29) is 11.5 Å². The molecular weight excluding hydrogens is 407 g/mol. The molecule has 4 aromatic rings. The maximum atomic E-state index is 12.8. The molecule has 0 bridgehead atoms. The first-order valence-corrected chi connectivity index (χ1v) is 9.70. The van der Waals surface area contributed by atoms with E-state index in [0.29, 0.717) is 32.7 Å². The molecule has 144 valence electrons. The normalized spacial score (nSPS) is 10.7. The van der Waals surface area contributed by atoms with Crippen molar-refractivity contribution < 1.29 is 13.9 Å². The van der Waals surface area contributed by atoms with Gasteiger partial charge >= 0.3 is 0 Å². The van der Waals surface area contributed by atoms with Crippen LogP contribution in [0, 0.1) is 6.92 Å². The fourth-order valence-electron chi connectivity index (χ4n) is 2.92. The Kier molecular flexibility index (Phi) is 5.43. The third-order valence-electron chi connectivity index (χ3n) is 4.37. The Bertz CT molecular complexity index is 1180. The molecule has 0 unspecified atom stereocenters. The van der Waals surface area contributed by atoms with E-state index in [4.69, 9.17) is 32.4 Å². The van der Waals surface area contributed by atoms with Crippen molar-refractivity contribution in [3.05, 3.63) is 106 Å². The number of carbonyl (C=O) groups excluding carboxylic acids is 1. The predicted molar refractivity (Wildman–Crippen MR) is 115 cm³/mol. The summed E-state index contributed by atoms with van der Waals surface area (Å²) >= 11 is 12.2. The van der Waals surface area contributed by atoms with Gasteiger partial charge in [-0.25, -0.2) is 0 Å². The molecule has 3 aromatic carbocycles. The van der Waals surface area contributed by atoms with Crippen molar-refractivity contribution in [2.45, 2.75) is 6.92 Å². The van der Waals surface area contributed by atoms with Gasteiger partial charge < -0.3 is 9.15 Å². The van der Waals surface area contributed by atoms with Gasteiger partial charge in [0.05, 0.1) is 5.02 Å². The molecule has 29 heavy (non-hydrogen) atoms. The number of halogens is 2. The Morgan fingerprint density at radius 1 is 0.862 bits per heavy atom. The predicted octanol–water partition coefficient (Wildman–Crippen LogP) is 7.59. The average molecular weight is 423 g/mol. The number of benzene rings is 3. The zero-order valence-electron chi connectivity index (χ0n) is 15.5. The first kappa shape index (κ1) is 19.3. The summed E-state index contributed by atoms with van der Waals surface area (Å²) in [6.45, 7) is 2.00. The van der Waals surface area contributed by atoms with Crippen LogP contribution >= 0.6 is 23.2 Å². The molecule has 0 fully saturated rings. The van der Waals surface area contributed by atoms with Gasteiger partial charge in [-0.15, -0.1) is 0 Å². The fourth-order valence-corrected chi connectivity index (χ4v) is 3.31. The van der Waals surface area contributed by atoms with Crippen LogP contribution < -0.4 is 4.74 Å². The summed E-state index contributed by atoms with van der Waals surface area (Å²) in [7, 11) is 0. The van der Waals surface area contributed by atoms with Crippen LogP contribution in [0.5, 0.6) is 11.5 Å². The molecular formula is C24H16Cl2O3. The van der Waals surface area contributed by atoms with Crippen LogP contribution in [0.3, 0.4) is 0 Å². The third kappa shape index (κ3) is 4.37. The number of rotatable bonds is 5. The van der Waals surface area contributed by atoms with Crippen molar-refractivity contribution in [1.29, 1.82) is 0 Å². The van der Waals surface area contributed by atoms with Gasteiger partial charge in [0, 0.05) is 16.1 Å². The van der Waals surface area contributed by atoms with Gasteiger partial charge in [0.25, 0.3) is 0 Å². The topological polar surface area (TPSA) is 39.4 Å². The lowest BCUT2D eigenvalue weighted by Gasteiger charge is -2.07. The van der Waals surface area contributed by atoms with Gasteiger partial charge in [-0.1, -0.05) is 35.3 Å². The number of aryl methyl sites for hydroxylation is 1. The van der Waals surface area contributed by atoms with E-state index in [9.17, 15) is 4.79 Å². The maximum Gasteiger partial charge on any atom is 0.228 e. The fraction of sp³-hybridized carbons (Fsp3) is 0.0417. The molecule has 0 aliphatic carbocycles. The van der Waals surface area contributed by atoms with Crippen molar-refractivity contribution in [2.75, 3.05) is 0 Å². The molecule has 0 radical (unpaired) electrons. The standard InChI is InChI=1S/C24H16Cl2O3/c1-15-3-2-4-19(13-15)28-18-8-5-16(6-9-18)24(27)23-12-11-22(29-23)20-14-17(25)7-10-21(20)26/h2-14H,1H3. The van der Waals surface area contributed by atoms with E-state index in [1.54, 1.807) is 54.6 Å². The summed E-state index contributed by atoms with van der Waals surface area (Å²) in [5.74, 6) is 1.89. The molecule has 0 aliphatic rings. The molecule has 1 aromatic heterocycles. The molecule has 3 nitrogen and oxygen atoms in total. The van der Waals surface area contributed by atoms with Crippen molar-refractivity contribution in [1.82, 2.24) is 0 Å². The van der Waals surface area contributed by atoms with Crippen LogP contribution in [-0.2, 0) is 0 Å². The molecule has 0 aliphatic heterocycles. The van der Waals surface area contributed by atoms with E-state index in [1.807, 2.05) is 31.2 Å². The number of ether oxygens (including phenoxy) is 1. The molecule has 0 amide bonds. The van der Waals surface area contributed by atoms with Crippen molar-refractivity contribution >= 4 is 29.0 Å². The van der Waals surface area contributed by atoms with E-state index in [2.05, 4.69) is 0 Å². The molecule has 1 heterocycles. The third-order valence-corrected chi connectivity index (χ3v) is 4.93. The molecule has 0 saturated heterocycles. The van der Waals surface area contributed by atoms with E-state index >= 15 is 0 Å². The van der Waals surface area contributed by atoms with Crippen LogP contribution in [0.1, 0.15) is 21.7 Å². The van der Waals surface area contributed by atoms with Crippen LogP contribution in [0.2, 0.25) is 10.0 Å². The second-order valence-electron chi connectivity index (χ2n) is 6.56. The van der Waals surface area contributed by atoms with Crippen molar-refractivity contribution in [3.8, 4) is 22.8 Å². The van der Waals surface area contributed by atoms with Crippen LogP contribution in [0.25, 0.3) is 11.3 Å². The summed E-state index contributed by atoms with van der Waals surface area (Å²) in [6, 6.07) is 23.1. The SMILES string of the molecule is Cc1cccc(Oc2ccc(C(=O)c3ccc(-c4cc(Cl)ccc4Cl)o3)cc2)c1. The highest BCUT2D eigenvalue weighted by Gasteiger charge is 2.16. The quantitative estimate of drug-likeness (QED) is 0.311. The lowest BCUT2D eigenvalue weighted by molar-refractivity contribution is 0.101. The Morgan fingerprint density at radius 3 is 2.41 bits per heavy atom. The highest BCUT2D eigenvalue weighted by atomic mass is 35.5.